The van der Waals surface area contributed by atoms with Crippen LogP contribution in [0.25, 0.3) is 21.9 Å². The van der Waals surface area contributed by atoms with Crippen LogP contribution in [0.3, 0.4) is 0 Å². The summed E-state index contributed by atoms with van der Waals surface area (Å²) in [5.74, 6) is -0.512. The van der Waals surface area contributed by atoms with Crippen LogP contribution in [-0.2, 0) is 30.4 Å². The third-order valence-corrected chi connectivity index (χ3v) is 6.51. The number of hydrogen-bond acceptors (Lipinski definition) is 7. The summed E-state index contributed by atoms with van der Waals surface area (Å²) in [6.45, 7) is 3.91. The third kappa shape index (κ3) is 6.19. The van der Waals surface area contributed by atoms with Crippen molar-refractivity contribution in [1.82, 2.24) is 14.9 Å². The van der Waals surface area contributed by atoms with E-state index in [0.717, 1.165) is 33.2 Å². The maximum Gasteiger partial charge on any atom is 0.249 e. The van der Waals surface area contributed by atoms with Gasteiger partial charge in [0.05, 0.1) is 45.2 Å². The summed E-state index contributed by atoms with van der Waals surface area (Å²) in [5.41, 5.74) is 3.76. The second kappa shape index (κ2) is 12.6. The fourth-order valence-electron chi connectivity index (χ4n) is 4.70. The molecule has 2 N–H and O–H groups in total. The molecule has 2 aromatic carbocycles. The second-order valence-corrected chi connectivity index (χ2v) is 9.13. The fraction of sp³-hybridized carbons (Fsp3) is 0.345. The van der Waals surface area contributed by atoms with Crippen molar-refractivity contribution in [3.05, 3.63) is 72.4 Å². The number of nitrogens with one attached hydrogen (secondary N) is 2. The van der Waals surface area contributed by atoms with Gasteiger partial charge in [-0.15, -0.1) is 0 Å². The number of anilines is 1. The van der Waals surface area contributed by atoms with E-state index in [0.29, 0.717) is 59.0 Å². The molecule has 2 aromatic heterocycles. The van der Waals surface area contributed by atoms with E-state index in [2.05, 4.69) is 21.7 Å². The van der Waals surface area contributed by atoms with Crippen LogP contribution in [0, 0.1) is 0 Å². The molecule has 38 heavy (non-hydrogen) atoms. The molecule has 3 heterocycles. The van der Waals surface area contributed by atoms with E-state index >= 15 is 0 Å². The molecule has 0 saturated carbocycles. The fourth-order valence-corrected chi connectivity index (χ4v) is 4.70. The van der Waals surface area contributed by atoms with Crippen molar-refractivity contribution in [3.8, 4) is 0 Å². The minimum Gasteiger partial charge on any atom is -0.383 e. The number of imide groups is 1. The predicted molar refractivity (Wildman–Crippen MR) is 145 cm³/mol. The van der Waals surface area contributed by atoms with E-state index in [1.54, 1.807) is 6.20 Å². The SMILES string of the molecule is O=C1CCC(n2c3ccc(NCCOCCOCCOCc4ccccc4)cc3c3cccnc32)C(=O)N1. The lowest BCUT2D eigenvalue weighted by Gasteiger charge is -2.23. The van der Waals surface area contributed by atoms with E-state index in [9.17, 15) is 9.59 Å². The topological polar surface area (TPSA) is 104 Å². The minimum atomic E-state index is -0.465. The number of rotatable bonds is 13. The number of piperidine rings is 1. The number of pyridine rings is 1. The highest BCUT2D eigenvalue weighted by molar-refractivity contribution is 6.09. The van der Waals surface area contributed by atoms with Crippen molar-refractivity contribution in [3.63, 3.8) is 0 Å². The molecular weight excluding hydrogens is 484 g/mol. The number of carbonyl (C=O) groups excluding carboxylic acids is 2. The molecule has 5 rings (SSSR count). The molecule has 0 aliphatic carbocycles. The second-order valence-electron chi connectivity index (χ2n) is 9.13. The zero-order chi connectivity index (χ0) is 26.2. The first-order chi connectivity index (χ1) is 18.7. The van der Waals surface area contributed by atoms with E-state index in [1.165, 1.54) is 0 Å². The van der Waals surface area contributed by atoms with Crippen LogP contribution in [0.1, 0.15) is 24.4 Å². The van der Waals surface area contributed by atoms with Gasteiger partial charge in [-0.05, 0) is 42.3 Å². The monoisotopic (exact) mass is 516 g/mol. The number of hydrogen-bond donors (Lipinski definition) is 2. The number of benzene rings is 2. The molecule has 1 atom stereocenters. The Morgan fingerprint density at radius 3 is 2.50 bits per heavy atom. The Morgan fingerprint density at radius 2 is 1.68 bits per heavy atom. The molecule has 1 aliphatic rings. The van der Waals surface area contributed by atoms with Gasteiger partial charge in [-0.2, -0.15) is 0 Å². The van der Waals surface area contributed by atoms with Gasteiger partial charge in [-0.1, -0.05) is 30.3 Å². The molecule has 9 nitrogen and oxygen atoms in total. The summed E-state index contributed by atoms with van der Waals surface area (Å²) in [6, 6.07) is 19.6. The average molecular weight is 517 g/mol. The summed E-state index contributed by atoms with van der Waals surface area (Å²) >= 11 is 0. The quantitative estimate of drug-likeness (QED) is 0.206. The summed E-state index contributed by atoms with van der Waals surface area (Å²) in [4.78, 5) is 28.8. The summed E-state index contributed by atoms with van der Waals surface area (Å²) in [5, 5.41) is 7.83. The van der Waals surface area contributed by atoms with Crippen LogP contribution in [0.5, 0.6) is 0 Å². The Hall–Kier alpha value is -3.79. The first-order valence-electron chi connectivity index (χ1n) is 12.9. The van der Waals surface area contributed by atoms with E-state index in [1.807, 2.05) is 59.2 Å². The smallest absolute Gasteiger partial charge is 0.249 e. The van der Waals surface area contributed by atoms with E-state index in [4.69, 9.17) is 14.2 Å². The van der Waals surface area contributed by atoms with Gasteiger partial charge in [0.15, 0.2) is 0 Å². The molecular formula is C29H32N4O5. The van der Waals surface area contributed by atoms with Gasteiger partial charge in [0.2, 0.25) is 11.8 Å². The van der Waals surface area contributed by atoms with E-state index in [-0.39, 0.29) is 11.8 Å². The molecule has 1 unspecified atom stereocenters. The van der Waals surface area contributed by atoms with Gasteiger partial charge in [0.25, 0.3) is 0 Å². The lowest BCUT2D eigenvalue weighted by Crippen LogP contribution is -2.41. The number of ether oxygens (including phenoxy) is 3. The number of aromatic nitrogens is 2. The summed E-state index contributed by atoms with van der Waals surface area (Å²) < 4.78 is 18.8. The molecule has 1 saturated heterocycles. The van der Waals surface area contributed by atoms with Crippen molar-refractivity contribution < 1.29 is 23.8 Å². The molecule has 2 amide bonds. The van der Waals surface area contributed by atoms with Crippen LogP contribution in [-0.4, -0.2) is 60.9 Å². The number of carbonyl (C=O) groups is 2. The molecule has 0 bridgehead atoms. The zero-order valence-corrected chi connectivity index (χ0v) is 21.2. The van der Waals surface area contributed by atoms with Crippen LogP contribution in [0.15, 0.2) is 66.9 Å². The molecule has 0 spiro atoms. The number of nitrogens with zero attached hydrogens (tertiary/aromatic N) is 2. The molecule has 198 valence electrons. The maximum atomic E-state index is 12.6. The number of amides is 2. The first kappa shape index (κ1) is 25.8. The molecule has 1 fully saturated rings. The molecule has 4 aromatic rings. The third-order valence-electron chi connectivity index (χ3n) is 6.51. The highest BCUT2D eigenvalue weighted by Gasteiger charge is 2.30. The predicted octanol–water partition coefficient (Wildman–Crippen LogP) is 3.83. The normalized spacial score (nSPS) is 15.7. The molecule has 9 heteroatoms. The lowest BCUT2D eigenvalue weighted by atomic mass is 10.1. The summed E-state index contributed by atoms with van der Waals surface area (Å²) in [6.07, 6.45) is 2.50. The Labute approximate surface area is 221 Å². The average Bonchev–Trinajstić information content (AvgIpc) is 3.26. The van der Waals surface area contributed by atoms with Crippen LogP contribution in [0.4, 0.5) is 5.69 Å². The van der Waals surface area contributed by atoms with Crippen LogP contribution >= 0.6 is 0 Å². The van der Waals surface area contributed by atoms with Gasteiger partial charge in [0.1, 0.15) is 11.7 Å². The zero-order valence-electron chi connectivity index (χ0n) is 21.2. The Morgan fingerprint density at radius 1 is 0.895 bits per heavy atom. The summed E-state index contributed by atoms with van der Waals surface area (Å²) in [7, 11) is 0. The van der Waals surface area contributed by atoms with Gasteiger partial charge in [0, 0.05) is 35.6 Å². The largest absolute Gasteiger partial charge is 0.383 e. The Balaban J connectivity index is 1.08. The van der Waals surface area contributed by atoms with Crippen LogP contribution < -0.4 is 10.6 Å². The Bertz CT molecular complexity index is 1390. The first-order valence-corrected chi connectivity index (χ1v) is 12.9. The van der Waals surface area contributed by atoms with Crippen molar-refractivity contribution in [2.45, 2.75) is 25.5 Å². The maximum absolute atomic E-state index is 12.6. The highest BCUT2D eigenvalue weighted by atomic mass is 16.5. The lowest BCUT2D eigenvalue weighted by molar-refractivity contribution is -0.135. The van der Waals surface area contributed by atoms with Crippen molar-refractivity contribution in [2.75, 3.05) is 44.9 Å². The van der Waals surface area contributed by atoms with Gasteiger partial charge in [-0.3, -0.25) is 14.9 Å². The van der Waals surface area contributed by atoms with Gasteiger partial charge in [-0.25, -0.2) is 4.98 Å². The standard InChI is InChI=1S/C29H32N4O5/c34-27-11-10-26(29(35)32-27)33-25-9-8-22(19-24(25)23-7-4-12-31-28(23)33)30-13-14-36-15-16-37-17-18-38-20-21-5-2-1-3-6-21/h1-9,12,19,26,30H,10-11,13-18,20H2,(H,32,34,35). The highest BCUT2D eigenvalue weighted by Crippen LogP contribution is 2.34. The Kier molecular flexibility index (Phi) is 8.60. The van der Waals surface area contributed by atoms with Crippen molar-refractivity contribution in [2.24, 2.45) is 0 Å². The minimum absolute atomic E-state index is 0.229. The molecule has 1 aliphatic heterocycles. The number of fused-ring (bicyclic) bond motifs is 3. The van der Waals surface area contributed by atoms with Crippen molar-refractivity contribution >= 4 is 39.4 Å². The molecule has 0 radical (unpaired) electrons. The van der Waals surface area contributed by atoms with Gasteiger partial charge < -0.3 is 24.1 Å². The van der Waals surface area contributed by atoms with Crippen molar-refractivity contribution in [1.29, 1.82) is 0 Å². The van der Waals surface area contributed by atoms with Crippen LogP contribution in [0.2, 0.25) is 0 Å². The van der Waals surface area contributed by atoms with Gasteiger partial charge >= 0.3 is 0 Å². The van der Waals surface area contributed by atoms with E-state index < -0.39 is 6.04 Å².